The third-order valence-electron chi connectivity index (χ3n) is 7.60. The number of benzene rings is 3. The Morgan fingerprint density at radius 3 is 2.55 bits per heavy atom. The van der Waals surface area contributed by atoms with Gasteiger partial charge in [-0.15, -0.1) is 5.10 Å². The fourth-order valence-corrected chi connectivity index (χ4v) is 5.36. The summed E-state index contributed by atoms with van der Waals surface area (Å²) in [4.78, 5) is 19.1. The van der Waals surface area contributed by atoms with Crippen molar-refractivity contribution in [3.8, 4) is 5.75 Å². The number of H-pyrrole nitrogens is 1. The summed E-state index contributed by atoms with van der Waals surface area (Å²) < 4.78 is 7.11. The summed E-state index contributed by atoms with van der Waals surface area (Å²) in [5.74, 6) is 1.44. The number of aromatic nitrogens is 5. The summed E-state index contributed by atoms with van der Waals surface area (Å²) in [6.07, 6.45) is 0.899. The maximum Gasteiger partial charge on any atom is 0.253 e. The number of nitrogens with zero attached hydrogens (tertiary/aromatic N) is 5. The van der Waals surface area contributed by atoms with E-state index < -0.39 is 6.04 Å². The molecule has 0 aliphatic carbocycles. The predicted octanol–water partition coefficient (Wildman–Crippen LogP) is 4.34. The van der Waals surface area contributed by atoms with E-state index in [1.54, 1.807) is 11.8 Å². The number of tetrazole rings is 1. The van der Waals surface area contributed by atoms with Crippen LogP contribution in [-0.4, -0.2) is 43.7 Å². The van der Waals surface area contributed by atoms with Crippen molar-refractivity contribution in [3.05, 3.63) is 116 Å². The minimum Gasteiger partial charge on any atom is -0.497 e. The summed E-state index contributed by atoms with van der Waals surface area (Å²) >= 11 is 0. The summed E-state index contributed by atoms with van der Waals surface area (Å²) in [5.41, 5.74) is 7.34. The van der Waals surface area contributed by atoms with Gasteiger partial charge in [0.25, 0.3) is 5.56 Å². The lowest BCUT2D eigenvalue weighted by molar-refractivity contribution is 0.194. The highest BCUT2D eigenvalue weighted by molar-refractivity contribution is 5.81. The Hall–Kier alpha value is -4.30. The van der Waals surface area contributed by atoms with Crippen molar-refractivity contribution in [3.63, 3.8) is 0 Å². The van der Waals surface area contributed by atoms with Crippen molar-refractivity contribution >= 4 is 10.9 Å². The molecule has 3 aromatic carbocycles. The number of ether oxygens (including phenoxy) is 1. The average molecular weight is 507 g/mol. The smallest absolute Gasteiger partial charge is 0.253 e. The molecule has 1 aliphatic heterocycles. The highest BCUT2D eigenvalue weighted by Crippen LogP contribution is 2.32. The lowest BCUT2D eigenvalue weighted by Gasteiger charge is -2.34. The van der Waals surface area contributed by atoms with Gasteiger partial charge in [0, 0.05) is 24.2 Å². The largest absolute Gasteiger partial charge is 0.497 e. The van der Waals surface area contributed by atoms with Crippen LogP contribution in [0.4, 0.5) is 0 Å². The van der Waals surface area contributed by atoms with E-state index >= 15 is 0 Å². The summed E-state index contributed by atoms with van der Waals surface area (Å²) in [5, 5.41) is 13.9. The molecule has 1 N–H and O–H groups in total. The first kappa shape index (κ1) is 24.1. The van der Waals surface area contributed by atoms with Gasteiger partial charge in [-0.25, -0.2) is 4.68 Å². The molecule has 0 fully saturated rings. The van der Waals surface area contributed by atoms with Gasteiger partial charge in [0.05, 0.1) is 13.7 Å². The zero-order chi connectivity index (χ0) is 26.2. The van der Waals surface area contributed by atoms with Crippen molar-refractivity contribution in [2.75, 3.05) is 13.7 Å². The van der Waals surface area contributed by atoms with Crippen LogP contribution in [0.25, 0.3) is 10.9 Å². The van der Waals surface area contributed by atoms with E-state index in [4.69, 9.17) is 4.74 Å². The maximum absolute atomic E-state index is 13.6. The number of hydrogen-bond acceptors (Lipinski definition) is 6. The molecule has 0 amide bonds. The molecule has 2 aromatic heterocycles. The van der Waals surface area contributed by atoms with Crippen LogP contribution in [0.15, 0.2) is 71.5 Å². The summed E-state index contributed by atoms with van der Waals surface area (Å²) in [6.45, 7) is 6.13. The van der Waals surface area contributed by atoms with Gasteiger partial charge in [0.15, 0.2) is 5.82 Å². The molecule has 0 spiro atoms. The number of methoxy groups -OCH3 is 1. The number of fused-ring (bicyclic) bond motifs is 2. The van der Waals surface area contributed by atoms with Gasteiger partial charge in [-0.05, 0) is 94.2 Å². The number of nitrogens with one attached hydrogen (secondary N) is 1. The SMILES string of the molecule is COc1ccc(Cn2nnnc2C(c2cc3cc(C)c(C)cc3[nH]c2=O)N2CCc3ccccc3C2)cc1. The van der Waals surface area contributed by atoms with Crippen molar-refractivity contribution in [1.29, 1.82) is 0 Å². The lowest BCUT2D eigenvalue weighted by atomic mass is 9.95. The highest BCUT2D eigenvalue weighted by atomic mass is 16.5. The quantitative estimate of drug-likeness (QED) is 0.369. The Morgan fingerprint density at radius 1 is 1.00 bits per heavy atom. The minimum atomic E-state index is -0.411. The van der Waals surface area contributed by atoms with Crippen LogP contribution >= 0.6 is 0 Å². The molecule has 5 aromatic rings. The predicted molar refractivity (Wildman–Crippen MR) is 146 cm³/mol. The Bertz CT molecular complexity index is 1670. The van der Waals surface area contributed by atoms with Crippen LogP contribution in [0, 0.1) is 13.8 Å². The van der Waals surface area contributed by atoms with Crippen molar-refractivity contribution in [2.45, 2.75) is 39.4 Å². The van der Waals surface area contributed by atoms with Gasteiger partial charge >= 0.3 is 0 Å². The van der Waals surface area contributed by atoms with E-state index in [2.05, 4.69) is 69.6 Å². The third-order valence-corrected chi connectivity index (χ3v) is 7.60. The second-order valence-electron chi connectivity index (χ2n) is 10.0. The zero-order valence-electron chi connectivity index (χ0n) is 21.8. The Morgan fingerprint density at radius 2 is 1.76 bits per heavy atom. The highest BCUT2D eigenvalue weighted by Gasteiger charge is 2.32. The van der Waals surface area contributed by atoms with Crippen molar-refractivity contribution in [2.24, 2.45) is 0 Å². The number of rotatable bonds is 6. The lowest BCUT2D eigenvalue weighted by Crippen LogP contribution is -2.38. The summed E-state index contributed by atoms with van der Waals surface area (Å²) in [7, 11) is 1.65. The molecule has 0 radical (unpaired) electrons. The first-order valence-electron chi connectivity index (χ1n) is 12.8. The van der Waals surface area contributed by atoms with Crippen LogP contribution < -0.4 is 10.3 Å². The van der Waals surface area contributed by atoms with Crippen LogP contribution in [-0.2, 0) is 19.5 Å². The minimum absolute atomic E-state index is 0.122. The van der Waals surface area contributed by atoms with Gasteiger partial charge in [-0.1, -0.05) is 36.4 Å². The van der Waals surface area contributed by atoms with Crippen LogP contribution in [0.1, 0.15) is 45.2 Å². The Labute approximate surface area is 220 Å². The molecule has 192 valence electrons. The van der Waals surface area contributed by atoms with Crippen molar-refractivity contribution < 1.29 is 4.74 Å². The van der Waals surface area contributed by atoms with E-state index in [-0.39, 0.29) is 5.56 Å². The molecule has 0 saturated heterocycles. The molecule has 1 atom stereocenters. The fourth-order valence-electron chi connectivity index (χ4n) is 5.36. The van der Waals surface area contributed by atoms with Gasteiger partial charge in [-0.2, -0.15) is 0 Å². The monoisotopic (exact) mass is 506 g/mol. The molecular formula is C30H30N6O2. The first-order chi connectivity index (χ1) is 18.5. The molecule has 38 heavy (non-hydrogen) atoms. The molecule has 8 heteroatoms. The van der Waals surface area contributed by atoms with Gasteiger partial charge in [0.2, 0.25) is 0 Å². The van der Waals surface area contributed by atoms with E-state index in [0.29, 0.717) is 24.5 Å². The molecule has 6 rings (SSSR count). The molecule has 3 heterocycles. The van der Waals surface area contributed by atoms with E-state index in [0.717, 1.165) is 40.7 Å². The molecule has 1 aliphatic rings. The number of aromatic amines is 1. The second-order valence-corrected chi connectivity index (χ2v) is 10.0. The van der Waals surface area contributed by atoms with Gasteiger partial charge in [0.1, 0.15) is 11.8 Å². The van der Waals surface area contributed by atoms with E-state index in [9.17, 15) is 4.79 Å². The second kappa shape index (κ2) is 9.87. The van der Waals surface area contributed by atoms with Crippen molar-refractivity contribution in [1.82, 2.24) is 30.1 Å². The van der Waals surface area contributed by atoms with Gasteiger partial charge < -0.3 is 9.72 Å². The van der Waals surface area contributed by atoms with Crippen LogP contribution in [0.3, 0.4) is 0 Å². The molecule has 8 nitrogen and oxygen atoms in total. The molecule has 0 bridgehead atoms. The van der Waals surface area contributed by atoms with E-state index in [1.807, 2.05) is 36.4 Å². The number of pyridine rings is 1. The average Bonchev–Trinajstić information content (AvgIpc) is 3.38. The number of aryl methyl sites for hydroxylation is 2. The summed E-state index contributed by atoms with van der Waals surface area (Å²) in [6, 6.07) is 22.1. The van der Waals surface area contributed by atoms with Crippen LogP contribution in [0.5, 0.6) is 5.75 Å². The topological polar surface area (TPSA) is 88.9 Å². The fraction of sp³-hybridized carbons (Fsp3) is 0.267. The normalized spacial score (nSPS) is 14.4. The molecule has 0 saturated carbocycles. The molecular weight excluding hydrogens is 476 g/mol. The van der Waals surface area contributed by atoms with Gasteiger partial charge in [-0.3, -0.25) is 9.69 Å². The standard InChI is InChI=1S/C30H30N6O2/c1-19-14-24-16-26(30(37)31-27(24)15-20(19)2)28(35-13-12-22-6-4-5-7-23(22)18-35)29-32-33-34-36(29)17-21-8-10-25(38-3)11-9-21/h4-11,14-16,28H,12-13,17-18H2,1-3H3,(H,31,37). The Balaban J connectivity index is 1.46. The first-order valence-corrected chi connectivity index (χ1v) is 12.8. The number of hydrogen-bond donors (Lipinski definition) is 1. The third kappa shape index (κ3) is 4.48. The van der Waals surface area contributed by atoms with Crippen LogP contribution in [0.2, 0.25) is 0 Å². The molecule has 1 unspecified atom stereocenters. The zero-order valence-corrected chi connectivity index (χ0v) is 21.8. The Kier molecular flexibility index (Phi) is 6.25. The van der Waals surface area contributed by atoms with E-state index in [1.165, 1.54) is 16.7 Å². The maximum atomic E-state index is 13.6.